The van der Waals surface area contributed by atoms with E-state index in [9.17, 15) is 19.5 Å². The van der Waals surface area contributed by atoms with Crippen molar-refractivity contribution in [3.63, 3.8) is 0 Å². The van der Waals surface area contributed by atoms with Crippen molar-refractivity contribution >= 4 is 30.5 Å². The van der Waals surface area contributed by atoms with Gasteiger partial charge in [0, 0.05) is 23.4 Å². The Morgan fingerprint density at radius 1 is 1.12 bits per heavy atom. The summed E-state index contributed by atoms with van der Waals surface area (Å²) in [6.45, 7) is 12.9. The average Bonchev–Trinajstić information content (AvgIpc) is 2.67. The molecule has 8 nitrogen and oxygen atoms in total. The number of nitrogens with one attached hydrogen (secondary N) is 2. The predicted octanol–water partition coefficient (Wildman–Crippen LogP) is 3.80. The molecule has 0 aromatic heterocycles. The lowest BCUT2D eigenvalue weighted by Gasteiger charge is -2.36. The first kappa shape index (κ1) is 28.6. The van der Waals surface area contributed by atoms with Crippen LogP contribution in [0.15, 0.2) is 24.3 Å². The minimum Gasteiger partial charge on any atom is -0.508 e. The second-order valence-electron chi connectivity index (χ2n) is 9.97. The highest BCUT2D eigenvalue weighted by atomic mass is 32.1. The maximum Gasteiger partial charge on any atom is 0.408 e. The lowest BCUT2D eigenvalue weighted by molar-refractivity contribution is -0.142. The topological polar surface area (TPSA) is 108 Å². The third-order valence-electron chi connectivity index (χ3n) is 4.50. The zero-order valence-corrected chi connectivity index (χ0v) is 21.7. The van der Waals surface area contributed by atoms with E-state index < -0.39 is 41.1 Å². The fraction of sp³-hybridized carbons (Fsp3) is 0.625. The van der Waals surface area contributed by atoms with Gasteiger partial charge in [0.15, 0.2) is 0 Å². The Morgan fingerprint density at radius 2 is 1.73 bits per heavy atom. The fourth-order valence-corrected chi connectivity index (χ4v) is 3.39. The Bertz CT molecular complexity index is 817. The Morgan fingerprint density at radius 3 is 2.21 bits per heavy atom. The van der Waals surface area contributed by atoms with Crippen LogP contribution in [0.2, 0.25) is 0 Å². The van der Waals surface area contributed by atoms with E-state index in [1.165, 1.54) is 11.0 Å². The standard InChI is InChI=1S/C24H39N3O5S/c1-8-9-14-27(21(30)17(15-33)25-22(31)32-24(5,6)7)19(20(29)26-23(2,3)4)16-12-10-11-13-18(16)28/h10-13,17,19,28,33H,8-9,14-15H2,1-7H3,(H,25,31)(H,26,29). The van der Waals surface area contributed by atoms with Crippen LogP contribution in [0.4, 0.5) is 4.79 Å². The Balaban J connectivity index is 3.41. The van der Waals surface area contributed by atoms with Gasteiger partial charge in [-0.15, -0.1) is 0 Å². The predicted molar refractivity (Wildman–Crippen MR) is 132 cm³/mol. The number of ether oxygens (including phenoxy) is 1. The molecule has 1 aromatic rings. The van der Waals surface area contributed by atoms with E-state index in [0.29, 0.717) is 12.0 Å². The van der Waals surface area contributed by atoms with Crippen LogP contribution < -0.4 is 10.6 Å². The van der Waals surface area contributed by atoms with Gasteiger partial charge < -0.3 is 25.4 Å². The maximum atomic E-state index is 13.6. The largest absolute Gasteiger partial charge is 0.508 e. The second-order valence-corrected chi connectivity index (χ2v) is 10.3. The van der Waals surface area contributed by atoms with E-state index in [0.717, 1.165) is 6.42 Å². The first-order chi connectivity index (χ1) is 15.2. The second kappa shape index (κ2) is 12.2. The summed E-state index contributed by atoms with van der Waals surface area (Å²) in [5, 5.41) is 16.0. The number of rotatable bonds is 9. The van der Waals surface area contributed by atoms with Gasteiger partial charge in [-0.3, -0.25) is 9.59 Å². The quantitative estimate of drug-likeness (QED) is 0.401. The van der Waals surface area contributed by atoms with E-state index in [4.69, 9.17) is 4.74 Å². The Kier molecular flexibility index (Phi) is 10.5. The number of carbonyl (C=O) groups is 3. The minimum absolute atomic E-state index is 0.00901. The highest BCUT2D eigenvalue weighted by Gasteiger charge is 2.37. The van der Waals surface area contributed by atoms with Gasteiger partial charge >= 0.3 is 6.09 Å². The smallest absolute Gasteiger partial charge is 0.408 e. The molecule has 33 heavy (non-hydrogen) atoms. The van der Waals surface area contributed by atoms with Crippen LogP contribution in [-0.4, -0.2) is 57.4 Å². The third kappa shape index (κ3) is 9.53. The molecule has 0 fully saturated rings. The summed E-state index contributed by atoms with van der Waals surface area (Å²) in [6.07, 6.45) is 0.664. The molecule has 3 amide bonds. The van der Waals surface area contributed by atoms with Crippen molar-refractivity contribution in [2.45, 2.75) is 84.5 Å². The molecule has 0 aliphatic rings. The first-order valence-electron chi connectivity index (χ1n) is 11.2. The number of thiol groups is 1. The molecule has 9 heteroatoms. The van der Waals surface area contributed by atoms with Crippen LogP contribution >= 0.6 is 12.6 Å². The molecule has 2 atom stereocenters. The van der Waals surface area contributed by atoms with Gasteiger partial charge in [-0.25, -0.2) is 4.79 Å². The zero-order chi connectivity index (χ0) is 25.4. The number of phenolic OH excluding ortho intramolecular Hbond substituents is 1. The monoisotopic (exact) mass is 481 g/mol. The van der Waals surface area contributed by atoms with Gasteiger partial charge in [0.2, 0.25) is 11.8 Å². The molecular weight excluding hydrogens is 442 g/mol. The van der Waals surface area contributed by atoms with Gasteiger partial charge in [0.25, 0.3) is 0 Å². The van der Waals surface area contributed by atoms with Crippen LogP contribution in [0.3, 0.4) is 0 Å². The SMILES string of the molecule is CCCCN(C(=O)C(CS)NC(=O)OC(C)(C)C)C(C(=O)NC(C)(C)C)c1ccccc1O. The number of aromatic hydroxyl groups is 1. The molecule has 0 heterocycles. The van der Waals surface area contributed by atoms with Crippen LogP contribution in [0.5, 0.6) is 5.75 Å². The van der Waals surface area contributed by atoms with Crippen molar-refractivity contribution < 1.29 is 24.2 Å². The van der Waals surface area contributed by atoms with E-state index in [2.05, 4.69) is 23.3 Å². The number of para-hydroxylation sites is 1. The molecule has 1 aromatic carbocycles. The number of unbranched alkanes of at least 4 members (excludes halogenated alkanes) is 1. The van der Waals surface area contributed by atoms with Crippen molar-refractivity contribution in [1.29, 1.82) is 0 Å². The van der Waals surface area contributed by atoms with Crippen molar-refractivity contribution in [2.75, 3.05) is 12.3 Å². The van der Waals surface area contributed by atoms with Crippen molar-refractivity contribution in [3.8, 4) is 5.75 Å². The van der Waals surface area contributed by atoms with E-state index in [1.54, 1.807) is 39.0 Å². The molecule has 2 unspecified atom stereocenters. The molecule has 0 aliphatic carbocycles. The minimum atomic E-state index is -1.09. The van der Waals surface area contributed by atoms with Gasteiger partial charge in [-0.2, -0.15) is 12.6 Å². The highest BCUT2D eigenvalue weighted by Crippen LogP contribution is 2.30. The van der Waals surface area contributed by atoms with Gasteiger partial charge in [0.05, 0.1) is 0 Å². The Labute approximate surface area is 202 Å². The van der Waals surface area contributed by atoms with Crippen molar-refractivity contribution in [1.82, 2.24) is 15.5 Å². The number of hydrogen-bond donors (Lipinski definition) is 4. The summed E-state index contributed by atoms with van der Waals surface area (Å²) in [5.74, 6) is -0.997. The lowest BCUT2D eigenvalue weighted by Crippen LogP contribution is -2.55. The molecule has 0 saturated heterocycles. The van der Waals surface area contributed by atoms with Crippen molar-refractivity contribution in [3.05, 3.63) is 29.8 Å². The van der Waals surface area contributed by atoms with Crippen LogP contribution in [0.1, 0.15) is 72.9 Å². The van der Waals surface area contributed by atoms with Crippen LogP contribution in [-0.2, 0) is 14.3 Å². The fourth-order valence-electron chi connectivity index (χ4n) is 3.14. The number of carbonyl (C=O) groups excluding carboxylic acids is 3. The maximum absolute atomic E-state index is 13.6. The molecule has 186 valence electrons. The van der Waals surface area contributed by atoms with E-state index >= 15 is 0 Å². The number of amides is 3. The molecule has 3 N–H and O–H groups in total. The van der Waals surface area contributed by atoms with Gasteiger partial charge in [-0.1, -0.05) is 31.5 Å². The van der Waals surface area contributed by atoms with Gasteiger partial charge in [-0.05, 0) is 54.0 Å². The summed E-state index contributed by atoms with van der Waals surface area (Å²) in [6, 6.07) is 4.33. The van der Waals surface area contributed by atoms with Crippen molar-refractivity contribution in [2.24, 2.45) is 0 Å². The van der Waals surface area contributed by atoms with E-state index in [1.807, 2.05) is 27.7 Å². The molecule has 1 rings (SSSR count). The number of alkyl carbamates (subject to hydrolysis) is 1. The van der Waals surface area contributed by atoms with E-state index in [-0.39, 0.29) is 18.0 Å². The summed E-state index contributed by atoms with van der Waals surface area (Å²) in [4.78, 5) is 40.7. The summed E-state index contributed by atoms with van der Waals surface area (Å²) in [7, 11) is 0. The van der Waals surface area contributed by atoms with Crippen LogP contribution in [0, 0.1) is 0 Å². The molecule has 0 aliphatic heterocycles. The number of nitrogens with zero attached hydrogens (tertiary/aromatic N) is 1. The normalized spacial score (nSPS) is 13.6. The van der Waals surface area contributed by atoms with Gasteiger partial charge in [0.1, 0.15) is 23.4 Å². The highest BCUT2D eigenvalue weighted by molar-refractivity contribution is 7.80. The lowest BCUT2D eigenvalue weighted by atomic mass is 9.99. The zero-order valence-electron chi connectivity index (χ0n) is 20.8. The van der Waals surface area contributed by atoms with Crippen LogP contribution in [0.25, 0.3) is 0 Å². The molecule has 0 bridgehead atoms. The Hall–Kier alpha value is -2.42. The summed E-state index contributed by atoms with van der Waals surface area (Å²) >= 11 is 4.26. The number of benzene rings is 1. The number of hydrogen-bond acceptors (Lipinski definition) is 6. The molecule has 0 spiro atoms. The summed E-state index contributed by atoms with van der Waals surface area (Å²) < 4.78 is 5.28. The molecular formula is C24H39N3O5S. The third-order valence-corrected chi connectivity index (χ3v) is 4.86. The first-order valence-corrected chi connectivity index (χ1v) is 11.8. The molecule has 0 radical (unpaired) electrons. The molecule has 0 saturated carbocycles. The summed E-state index contributed by atoms with van der Waals surface area (Å²) in [5.41, 5.74) is -0.989. The number of phenols is 1. The average molecular weight is 482 g/mol.